The van der Waals surface area contributed by atoms with Gasteiger partial charge in [-0.15, -0.1) is 0 Å². The van der Waals surface area contributed by atoms with Gasteiger partial charge in [0.25, 0.3) is 0 Å². The van der Waals surface area contributed by atoms with Crippen LogP contribution in [-0.4, -0.2) is 5.78 Å². The van der Waals surface area contributed by atoms with Gasteiger partial charge in [-0.05, 0) is 31.1 Å². The standard InChI is InChI=1S/C10H16O/c1-6(2)9-5-7-3-4-8(9)10(7)11/h6-9H,3-5H2,1-2H3. The number of rotatable bonds is 1. The van der Waals surface area contributed by atoms with Crippen molar-refractivity contribution in [1.29, 1.82) is 0 Å². The van der Waals surface area contributed by atoms with Gasteiger partial charge in [0.15, 0.2) is 0 Å². The Morgan fingerprint density at radius 2 is 2.09 bits per heavy atom. The molecule has 0 N–H and O–H groups in total. The minimum absolute atomic E-state index is 0.458. The highest BCUT2D eigenvalue weighted by molar-refractivity contribution is 5.87. The summed E-state index contributed by atoms with van der Waals surface area (Å²) >= 11 is 0. The number of hydrogen-bond acceptors (Lipinski definition) is 1. The molecular weight excluding hydrogens is 136 g/mol. The molecule has 0 heterocycles. The molecule has 62 valence electrons. The van der Waals surface area contributed by atoms with Crippen molar-refractivity contribution >= 4 is 5.78 Å². The molecule has 0 amide bonds. The van der Waals surface area contributed by atoms with E-state index in [9.17, 15) is 4.79 Å². The van der Waals surface area contributed by atoms with Crippen molar-refractivity contribution in [2.45, 2.75) is 33.1 Å². The van der Waals surface area contributed by atoms with Gasteiger partial charge in [0, 0.05) is 11.8 Å². The fourth-order valence-corrected chi connectivity index (χ4v) is 2.86. The topological polar surface area (TPSA) is 17.1 Å². The van der Waals surface area contributed by atoms with Crippen LogP contribution < -0.4 is 0 Å². The van der Waals surface area contributed by atoms with Crippen molar-refractivity contribution in [3.8, 4) is 0 Å². The van der Waals surface area contributed by atoms with Gasteiger partial charge < -0.3 is 0 Å². The summed E-state index contributed by atoms with van der Waals surface area (Å²) in [5.41, 5.74) is 0. The van der Waals surface area contributed by atoms with Gasteiger partial charge in [-0.3, -0.25) is 4.79 Å². The zero-order valence-corrected chi connectivity index (χ0v) is 7.34. The minimum atomic E-state index is 0.458. The molecule has 2 bridgehead atoms. The molecule has 0 radical (unpaired) electrons. The number of carbonyl (C=O) groups is 1. The molecule has 0 aromatic carbocycles. The second-order valence-electron chi connectivity index (χ2n) is 4.43. The van der Waals surface area contributed by atoms with Gasteiger partial charge in [-0.2, -0.15) is 0 Å². The van der Waals surface area contributed by atoms with Crippen LogP contribution in [0.5, 0.6) is 0 Å². The van der Waals surface area contributed by atoms with Crippen molar-refractivity contribution in [2.75, 3.05) is 0 Å². The molecular formula is C10H16O. The summed E-state index contributed by atoms with van der Waals surface area (Å²) in [4.78, 5) is 11.5. The molecule has 0 saturated heterocycles. The zero-order valence-electron chi connectivity index (χ0n) is 7.34. The second-order valence-corrected chi connectivity index (χ2v) is 4.43. The molecule has 3 unspecified atom stereocenters. The zero-order chi connectivity index (χ0) is 8.01. The summed E-state index contributed by atoms with van der Waals surface area (Å²) in [5, 5.41) is 0. The number of hydrogen-bond donors (Lipinski definition) is 0. The maximum Gasteiger partial charge on any atom is 0.139 e. The molecule has 2 fully saturated rings. The van der Waals surface area contributed by atoms with E-state index >= 15 is 0 Å². The largest absolute Gasteiger partial charge is 0.299 e. The number of carbonyl (C=O) groups excluding carboxylic acids is 1. The van der Waals surface area contributed by atoms with Crippen molar-refractivity contribution < 1.29 is 4.79 Å². The maximum atomic E-state index is 11.5. The molecule has 0 spiro atoms. The summed E-state index contributed by atoms with van der Waals surface area (Å²) in [6.45, 7) is 4.50. The van der Waals surface area contributed by atoms with Crippen molar-refractivity contribution in [2.24, 2.45) is 23.7 Å². The summed E-state index contributed by atoms with van der Waals surface area (Å²) in [5.74, 6) is 2.95. The Morgan fingerprint density at radius 3 is 2.36 bits per heavy atom. The van der Waals surface area contributed by atoms with E-state index in [-0.39, 0.29) is 0 Å². The molecule has 2 aliphatic rings. The van der Waals surface area contributed by atoms with Crippen molar-refractivity contribution in [1.82, 2.24) is 0 Å². The average Bonchev–Trinajstić information content (AvgIpc) is 2.46. The molecule has 3 atom stereocenters. The number of Topliss-reactive ketones (excluding diaryl/α,β-unsaturated/α-hetero) is 1. The SMILES string of the molecule is CC(C)C1CC2CCC1C2=O. The van der Waals surface area contributed by atoms with Crippen LogP contribution in [0, 0.1) is 23.7 Å². The molecule has 0 aromatic rings. The van der Waals surface area contributed by atoms with Gasteiger partial charge in [-0.25, -0.2) is 0 Å². The van der Waals surface area contributed by atoms with Crippen LogP contribution in [-0.2, 0) is 4.79 Å². The third kappa shape index (κ3) is 0.935. The monoisotopic (exact) mass is 152 g/mol. The van der Waals surface area contributed by atoms with E-state index in [4.69, 9.17) is 0 Å². The lowest BCUT2D eigenvalue weighted by Crippen LogP contribution is -2.17. The predicted octanol–water partition coefficient (Wildman–Crippen LogP) is 2.26. The lowest BCUT2D eigenvalue weighted by Gasteiger charge is -2.23. The Morgan fingerprint density at radius 1 is 1.36 bits per heavy atom. The normalized spacial score (nSPS) is 42.5. The maximum absolute atomic E-state index is 11.5. The molecule has 0 aromatic heterocycles. The van der Waals surface area contributed by atoms with E-state index in [1.54, 1.807) is 0 Å². The van der Waals surface area contributed by atoms with Crippen LogP contribution in [0.4, 0.5) is 0 Å². The van der Waals surface area contributed by atoms with Gasteiger partial charge >= 0.3 is 0 Å². The summed E-state index contributed by atoms with van der Waals surface area (Å²) in [6.07, 6.45) is 3.57. The first-order chi connectivity index (χ1) is 5.20. The highest BCUT2D eigenvalue weighted by atomic mass is 16.1. The van der Waals surface area contributed by atoms with Crippen LogP contribution in [0.25, 0.3) is 0 Å². The molecule has 11 heavy (non-hydrogen) atoms. The minimum Gasteiger partial charge on any atom is -0.299 e. The Balaban J connectivity index is 2.15. The Kier molecular flexibility index (Phi) is 1.55. The number of fused-ring (bicyclic) bond motifs is 2. The Hall–Kier alpha value is -0.330. The van der Waals surface area contributed by atoms with E-state index in [2.05, 4.69) is 13.8 Å². The quantitative estimate of drug-likeness (QED) is 0.563. The smallest absolute Gasteiger partial charge is 0.139 e. The lowest BCUT2D eigenvalue weighted by atomic mass is 9.81. The molecule has 0 aliphatic heterocycles. The fraction of sp³-hybridized carbons (Fsp3) is 0.900. The summed E-state index contributed by atoms with van der Waals surface area (Å²) < 4.78 is 0. The van der Waals surface area contributed by atoms with Crippen LogP contribution in [0.2, 0.25) is 0 Å². The summed E-state index contributed by atoms with van der Waals surface area (Å²) in [6, 6.07) is 0. The molecule has 2 rings (SSSR count). The van der Waals surface area contributed by atoms with Crippen LogP contribution in [0.1, 0.15) is 33.1 Å². The van der Waals surface area contributed by atoms with E-state index in [1.807, 2.05) is 0 Å². The highest BCUT2D eigenvalue weighted by Gasteiger charge is 2.47. The molecule has 2 saturated carbocycles. The predicted molar refractivity (Wildman–Crippen MR) is 44.2 cm³/mol. The lowest BCUT2D eigenvalue weighted by molar-refractivity contribution is -0.121. The van der Waals surface area contributed by atoms with E-state index in [0.717, 1.165) is 5.92 Å². The van der Waals surface area contributed by atoms with E-state index in [1.165, 1.54) is 19.3 Å². The highest BCUT2D eigenvalue weighted by Crippen LogP contribution is 2.48. The fourth-order valence-electron chi connectivity index (χ4n) is 2.86. The van der Waals surface area contributed by atoms with Crippen LogP contribution >= 0.6 is 0 Å². The van der Waals surface area contributed by atoms with Gasteiger partial charge in [-0.1, -0.05) is 13.8 Å². The second kappa shape index (κ2) is 2.33. The average molecular weight is 152 g/mol. The number of ketones is 1. The molecule has 1 heteroatoms. The first-order valence-corrected chi connectivity index (χ1v) is 4.74. The third-order valence-electron chi connectivity index (χ3n) is 3.52. The van der Waals surface area contributed by atoms with E-state index < -0.39 is 0 Å². The van der Waals surface area contributed by atoms with Crippen molar-refractivity contribution in [3.63, 3.8) is 0 Å². The van der Waals surface area contributed by atoms with Gasteiger partial charge in [0.05, 0.1) is 0 Å². The first kappa shape index (κ1) is 7.33. The van der Waals surface area contributed by atoms with Crippen LogP contribution in [0.3, 0.4) is 0 Å². The molecule has 1 nitrogen and oxygen atoms in total. The van der Waals surface area contributed by atoms with Gasteiger partial charge in [0.2, 0.25) is 0 Å². The molecule has 2 aliphatic carbocycles. The Labute approximate surface area is 68.2 Å². The van der Waals surface area contributed by atoms with E-state index in [0.29, 0.717) is 23.5 Å². The summed E-state index contributed by atoms with van der Waals surface area (Å²) in [7, 11) is 0. The van der Waals surface area contributed by atoms with Gasteiger partial charge in [0.1, 0.15) is 5.78 Å². The third-order valence-corrected chi connectivity index (χ3v) is 3.52. The Bertz CT molecular complexity index is 183. The first-order valence-electron chi connectivity index (χ1n) is 4.74. The van der Waals surface area contributed by atoms with Crippen molar-refractivity contribution in [3.05, 3.63) is 0 Å². The van der Waals surface area contributed by atoms with Crippen LogP contribution in [0.15, 0.2) is 0 Å².